The minimum atomic E-state index is 0.523. The normalized spacial score (nSPS) is 15.6. The Morgan fingerprint density at radius 3 is 2.63 bits per heavy atom. The molecule has 1 aliphatic rings. The maximum Gasteiger partial charge on any atom is 0.165 e. The minimum absolute atomic E-state index is 0.523. The van der Waals surface area contributed by atoms with Gasteiger partial charge >= 0.3 is 0 Å². The summed E-state index contributed by atoms with van der Waals surface area (Å²) < 4.78 is 11.3. The third-order valence-electron chi connectivity index (χ3n) is 4.02. The lowest BCUT2D eigenvalue weighted by atomic mass is 9.95. The van der Waals surface area contributed by atoms with Crippen molar-refractivity contribution in [3.63, 3.8) is 0 Å². The molecule has 1 atom stereocenters. The molecule has 3 heteroatoms. The van der Waals surface area contributed by atoms with Crippen molar-refractivity contribution in [2.75, 3.05) is 13.2 Å². The Morgan fingerprint density at radius 2 is 1.89 bits per heavy atom. The molecular formula is C16H25NO2. The van der Waals surface area contributed by atoms with Gasteiger partial charge in [0.1, 0.15) is 13.2 Å². The van der Waals surface area contributed by atoms with Crippen molar-refractivity contribution in [3.8, 4) is 11.5 Å². The first-order valence-electron chi connectivity index (χ1n) is 7.37. The summed E-state index contributed by atoms with van der Waals surface area (Å²) in [6.45, 7) is 8.91. The molecule has 0 saturated heterocycles. The summed E-state index contributed by atoms with van der Waals surface area (Å²) in [5.41, 5.74) is 1.19. The van der Waals surface area contributed by atoms with Gasteiger partial charge in [-0.3, -0.25) is 0 Å². The number of nitrogens with one attached hydrogen (secondary N) is 1. The van der Waals surface area contributed by atoms with Crippen LogP contribution in [-0.4, -0.2) is 19.3 Å². The Labute approximate surface area is 116 Å². The SMILES string of the molecule is CCC(CC)C(C)NCc1cccc2c1OCCO2. The number of hydrogen-bond acceptors (Lipinski definition) is 3. The Kier molecular flexibility index (Phi) is 5.08. The lowest BCUT2D eigenvalue weighted by Gasteiger charge is -2.25. The smallest absolute Gasteiger partial charge is 0.165 e. The molecule has 0 bridgehead atoms. The van der Waals surface area contributed by atoms with Crippen LogP contribution in [0.5, 0.6) is 11.5 Å². The third kappa shape index (κ3) is 3.41. The van der Waals surface area contributed by atoms with Crippen molar-refractivity contribution < 1.29 is 9.47 Å². The molecule has 1 N–H and O–H groups in total. The average molecular weight is 263 g/mol. The van der Waals surface area contributed by atoms with E-state index in [4.69, 9.17) is 9.47 Å². The summed E-state index contributed by atoms with van der Waals surface area (Å²) >= 11 is 0. The van der Waals surface area contributed by atoms with Gasteiger partial charge in [-0.2, -0.15) is 0 Å². The summed E-state index contributed by atoms with van der Waals surface area (Å²) in [5.74, 6) is 2.52. The van der Waals surface area contributed by atoms with Crippen molar-refractivity contribution in [3.05, 3.63) is 23.8 Å². The summed E-state index contributed by atoms with van der Waals surface area (Å²) in [6, 6.07) is 6.64. The van der Waals surface area contributed by atoms with Gasteiger partial charge in [-0.05, 0) is 18.9 Å². The van der Waals surface area contributed by atoms with Gasteiger partial charge < -0.3 is 14.8 Å². The van der Waals surface area contributed by atoms with Gasteiger partial charge in [0, 0.05) is 18.2 Å². The standard InChI is InChI=1S/C16H25NO2/c1-4-13(5-2)12(3)17-11-14-7-6-8-15-16(14)19-10-9-18-15/h6-8,12-13,17H,4-5,9-11H2,1-3H3. The van der Waals surface area contributed by atoms with Crippen LogP contribution in [0.3, 0.4) is 0 Å². The zero-order valence-corrected chi connectivity index (χ0v) is 12.2. The van der Waals surface area contributed by atoms with Crippen LogP contribution in [-0.2, 0) is 6.54 Å². The van der Waals surface area contributed by atoms with Crippen LogP contribution in [0.25, 0.3) is 0 Å². The van der Waals surface area contributed by atoms with Crippen molar-refractivity contribution in [2.24, 2.45) is 5.92 Å². The highest BCUT2D eigenvalue weighted by Crippen LogP contribution is 2.33. The molecule has 0 saturated carbocycles. The summed E-state index contributed by atoms with van der Waals surface area (Å²) in [4.78, 5) is 0. The lowest BCUT2D eigenvalue weighted by molar-refractivity contribution is 0.169. The van der Waals surface area contributed by atoms with E-state index >= 15 is 0 Å². The van der Waals surface area contributed by atoms with Crippen molar-refractivity contribution in [2.45, 2.75) is 46.2 Å². The molecule has 0 fully saturated rings. The quantitative estimate of drug-likeness (QED) is 0.853. The minimum Gasteiger partial charge on any atom is -0.486 e. The maximum absolute atomic E-state index is 5.74. The molecule has 0 radical (unpaired) electrons. The zero-order valence-electron chi connectivity index (χ0n) is 12.2. The van der Waals surface area contributed by atoms with Crippen molar-refractivity contribution in [1.29, 1.82) is 0 Å². The Morgan fingerprint density at radius 1 is 1.16 bits per heavy atom. The molecule has 3 nitrogen and oxygen atoms in total. The Bertz CT molecular complexity index is 402. The van der Waals surface area contributed by atoms with Crippen LogP contribution in [0.1, 0.15) is 39.2 Å². The summed E-state index contributed by atoms with van der Waals surface area (Å²) in [7, 11) is 0. The molecule has 1 aromatic rings. The third-order valence-corrected chi connectivity index (χ3v) is 4.02. The first-order valence-corrected chi connectivity index (χ1v) is 7.37. The Hall–Kier alpha value is -1.22. The van der Waals surface area contributed by atoms with Gasteiger partial charge in [-0.1, -0.05) is 38.8 Å². The van der Waals surface area contributed by atoms with Crippen molar-refractivity contribution >= 4 is 0 Å². The van der Waals surface area contributed by atoms with Crippen LogP contribution in [0, 0.1) is 5.92 Å². The predicted octanol–water partition coefficient (Wildman–Crippen LogP) is 3.37. The van der Waals surface area contributed by atoms with Gasteiger partial charge in [-0.25, -0.2) is 0 Å². The number of hydrogen-bond donors (Lipinski definition) is 1. The van der Waals surface area contributed by atoms with E-state index in [9.17, 15) is 0 Å². The highest BCUT2D eigenvalue weighted by atomic mass is 16.6. The number of fused-ring (bicyclic) bond motifs is 1. The molecule has 0 spiro atoms. The second-order valence-corrected chi connectivity index (χ2v) is 5.19. The van der Waals surface area contributed by atoms with E-state index < -0.39 is 0 Å². The van der Waals surface area contributed by atoms with Crippen LogP contribution in [0.4, 0.5) is 0 Å². The topological polar surface area (TPSA) is 30.5 Å². The number of ether oxygens (including phenoxy) is 2. The molecule has 19 heavy (non-hydrogen) atoms. The summed E-state index contributed by atoms with van der Waals surface area (Å²) in [6.07, 6.45) is 2.44. The van der Waals surface area contributed by atoms with Gasteiger partial charge in [0.25, 0.3) is 0 Å². The molecule has 0 aliphatic carbocycles. The average Bonchev–Trinajstić information content (AvgIpc) is 2.46. The van der Waals surface area contributed by atoms with Crippen molar-refractivity contribution in [1.82, 2.24) is 5.32 Å². The number of benzene rings is 1. The fraction of sp³-hybridized carbons (Fsp3) is 0.625. The molecule has 0 aromatic heterocycles. The summed E-state index contributed by atoms with van der Waals surface area (Å²) in [5, 5.41) is 3.62. The van der Waals surface area contributed by atoms with E-state index in [1.807, 2.05) is 12.1 Å². The first kappa shape index (κ1) is 14.2. The van der Waals surface area contributed by atoms with Crippen LogP contribution >= 0.6 is 0 Å². The molecule has 1 unspecified atom stereocenters. The van der Waals surface area contributed by atoms with Gasteiger partial charge in [0.15, 0.2) is 11.5 Å². The van der Waals surface area contributed by atoms with Gasteiger partial charge in [-0.15, -0.1) is 0 Å². The van der Waals surface area contributed by atoms with E-state index in [-0.39, 0.29) is 0 Å². The molecule has 2 rings (SSSR count). The van der Waals surface area contributed by atoms with Crippen LogP contribution in [0.2, 0.25) is 0 Å². The molecule has 1 aromatic carbocycles. The molecule has 106 valence electrons. The van der Waals surface area contributed by atoms with E-state index in [0.717, 1.165) is 24.0 Å². The van der Waals surface area contributed by atoms with E-state index in [1.165, 1.54) is 18.4 Å². The lowest BCUT2D eigenvalue weighted by Crippen LogP contribution is -2.32. The van der Waals surface area contributed by atoms with Gasteiger partial charge in [0.2, 0.25) is 0 Å². The highest BCUT2D eigenvalue weighted by Gasteiger charge is 2.17. The number of rotatable bonds is 6. The van der Waals surface area contributed by atoms with E-state index in [0.29, 0.717) is 19.3 Å². The van der Waals surface area contributed by atoms with E-state index in [2.05, 4.69) is 32.2 Å². The molecule has 1 heterocycles. The highest BCUT2D eigenvalue weighted by molar-refractivity contribution is 5.47. The first-order chi connectivity index (χ1) is 9.26. The van der Waals surface area contributed by atoms with Gasteiger partial charge in [0.05, 0.1) is 0 Å². The Balaban J connectivity index is 2.00. The van der Waals surface area contributed by atoms with E-state index in [1.54, 1.807) is 0 Å². The molecule has 1 aliphatic heterocycles. The fourth-order valence-corrected chi connectivity index (χ4v) is 2.71. The zero-order chi connectivity index (χ0) is 13.7. The largest absolute Gasteiger partial charge is 0.486 e. The second-order valence-electron chi connectivity index (χ2n) is 5.19. The maximum atomic E-state index is 5.74. The fourth-order valence-electron chi connectivity index (χ4n) is 2.71. The van der Waals surface area contributed by atoms with Crippen LogP contribution < -0.4 is 14.8 Å². The number of para-hydroxylation sites is 1. The molecular weight excluding hydrogens is 238 g/mol. The second kappa shape index (κ2) is 6.80. The van der Waals surface area contributed by atoms with Crippen LogP contribution in [0.15, 0.2) is 18.2 Å². The predicted molar refractivity (Wildman–Crippen MR) is 77.8 cm³/mol. The monoisotopic (exact) mass is 263 g/mol. The molecule has 0 amide bonds.